The fourth-order valence-corrected chi connectivity index (χ4v) is 3.97. The first kappa shape index (κ1) is 30.7. The number of aromatic nitrogens is 5. The maximum absolute atomic E-state index is 13.2. The molecule has 0 aliphatic rings. The van der Waals surface area contributed by atoms with Crippen molar-refractivity contribution in [1.82, 2.24) is 34.7 Å². The molecule has 3 heterocycles. The number of nitrogens with one attached hydrogen (secondary N) is 4. The first-order valence-electron chi connectivity index (χ1n) is 13.2. The van der Waals surface area contributed by atoms with Crippen molar-refractivity contribution in [2.45, 2.75) is 52.1 Å². The lowest BCUT2D eigenvalue weighted by molar-refractivity contribution is -0.122. The van der Waals surface area contributed by atoms with Crippen molar-refractivity contribution >= 4 is 35.0 Å². The number of ketones is 2. The van der Waals surface area contributed by atoms with Crippen LogP contribution in [0.25, 0.3) is 0 Å². The van der Waals surface area contributed by atoms with E-state index in [-0.39, 0.29) is 42.4 Å². The predicted octanol–water partition coefficient (Wildman–Crippen LogP) is 0.827. The van der Waals surface area contributed by atoms with Crippen LogP contribution in [0.15, 0.2) is 48.2 Å². The van der Waals surface area contributed by atoms with E-state index >= 15 is 0 Å². The Morgan fingerprint density at radius 1 is 1.12 bits per heavy atom. The number of hydrogen-bond acceptors (Lipinski definition) is 8. The van der Waals surface area contributed by atoms with Crippen LogP contribution in [0.4, 0.5) is 5.69 Å². The first-order chi connectivity index (χ1) is 19.6. The molecule has 3 aromatic rings. The Labute approximate surface area is 236 Å². The zero-order valence-electron chi connectivity index (χ0n) is 23.2. The van der Waals surface area contributed by atoms with Crippen LogP contribution in [0.2, 0.25) is 0 Å². The van der Waals surface area contributed by atoms with Gasteiger partial charge in [0.25, 0.3) is 11.5 Å². The molecule has 0 aliphatic heterocycles. The summed E-state index contributed by atoms with van der Waals surface area (Å²) in [5.41, 5.74) is -0.713. The van der Waals surface area contributed by atoms with Gasteiger partial charge in [0.2, 0.25) is 23.4 Å². The van der Waals surface area contributed by atoms with Gasteiger partial charge in [0.15, 0.2) is 0 Å². The molecule has 41 heavy (non-hydrogen) atoms. The van der Waals surface area contributed by atoms with E-state index in [1.165, 1.54) is 47.9 Å². The molecule has 1 atom stereocenters. The van der Waals surface area contributed by atoms with Gasteiger partial charge in [0, 0.05) is 32.4 Å². The molecule has 4 N–H and O–H groups in total. The molecule has 0 saturated heterocycles. The lowest BCUT2D eigenvalue weighted by Gasteiger charge is -2.18. The summed E-state index contributed by atoms with van der Waals surface area (Å²) in [5.74, 6) is -3.09. The van der Waals surface area contributed by atoms with Gasteiger partial charge in [-0.2, -0.15) is 0 Å². The third kappa shape index (κ3) is 8.55. The Bertz CT molecular complexity index is 1440. The number of nitrogens with zero attached hydrogens (tertiary/aromatic N) is 4. The Morgan fingerprint density at radius 3 is 2.51 bits per heavy atom. The number of carbonyl (C=O) groups excluding carboxylic acids is 5. The maximum Gasteiger partial charge on any atom is 0.274 e. The largest absolute Gasteiger partial charge is 0.354 e. The van der Waals surface area contributed by atoms with Gasteiger partial charge in [-0.3, -0.25) is 28.8 Å². The van der Waals surface area contributed by atoms with Gasteiger partial charge in [0.05, 0.1) is 18.9 Å². The molecular formula is C27H34N8O6. The number of carbonyl (C=O) groups is 5. The van der Waals surface area contributed by atoms with E-state index in [0.717, 1.165) is 17.4 Å². The summed E-state index contributed by atoms with van der Waals surface area (Å²) in [6, 6.07) is 1.57. The molecule has 3 aromatic heterocycles. The van der Waals surface area contributed by atoms with E-state index in [2.05, 4.69) is 30.9 Å². The molecule has 3 amide bonds. The van der Waals surface area contributed by atoms with Crippen LogP contribution in [0.5, 0.6) is 0 Å². The summed E-state index contributed by atoms with van der Waals surface area (Å²) in [4.78, 5) is 86.5. The van der Waals surface area contributed by atoms with Crippen molar-refractivity contribution in [2.75, 3.05) is 11.9 Å². The number of hydrogen-bond donors (Lipinski definition) is 4. The van der Waals surface area contributed by atoms with Gasteiger partial charge in [-0.05, 0) is 24.5 Å². The third-order valence-electron chi connectivity index (χ3n) is 6.55. The summed E-state index contributed by atoms with van der Waals surface area (Å²) in [6.07, 6.45) is 7.97. The topological polar surface area (TPSA) is 190 Å². The second kappa shape index (κ2) is 14.5. The average Bonchev–Trinajstić information content (AvgIpc) is 3.65. The summed E-state index contributed by atoms with van der Waals surface area (Å²) >= 11 is 0. The zero-order valence-corrected chi connectivity index (χ0v) is 23.2. The Morgan fingerprint density at radius 2 is 1.88 bits per heavy atom. The van der Waals surface area contributed by atoms with Crippen LogP contribution < -0.4 is 21.5 Å². The maximum atomic E-state index is 13.2. The molecule has 0 unspecified atom stereocenters. The summed E-state index contributed by atoms with van der Waals surface area (Å²) in [7, 11) is 1.65. The van der Waals surface area contributed by atoms with Crippen LogP contribution in [-0.2, 0) is 28.0 Å². The molecule has 0 bridgehead atoms. The number of rotatable bonds is 15. The molecule has 0 fully saturated rings. The van der Waals surface area contributed by atoms with E-state index in [1.54, 1.807) is 7.05 Å². The van der Waals surface area contributed by atoms with E-state index in [9.17, 15) is 28.8 Å². The molecule has 0 radical (unpaired) electrons. The summed E-state index contributed by atoms with van der Waals surface area (Å²) in [6.45, 7) is 4.33. The SMILES string of the molecule is CCC(CC)CNC(=O)Cn1cccc(NC(=O)[C@H](CCC(=O)C(=O)c2cn(C)cn2)NC(=O)c2cnc[nH]2)c1=O. The molecule has 0 aromatic carbocycles. The highest BCUT2D eigenvalue weighted by Crippen LogP contribution is 2.09. The minimum absolute atomic E-state index is 0.0335. The lowest BCUT2D eigenvalue weighted by atomic mass is 10.0. The van der Waals surface area contributed by atoms with Crippen molar-refractivity contribution in [1.29, 1.82) is 0 Å². The fourth-order valence-electron chi connectivity index (χ4n) is 3.97. The average molecular weight is 567 g/mol. The van der Waals surface area contributed by atoms with E-state index < -0.39 is 35.0 Å². The number of aryl methyl sites for hydroxylation is 1. The molecule has 14 heteroatoms. The number of imidazole rings is 2. The molecule has 218 valence electrons. The molecule has 0 saturated carbocycles. The molecule has 14 nitrogen and oxygen atoms in total. The van der Waals surface area contributed by atoms with Crippen LogP contribution in [0.1, 0.15) is 60.5 Å². The number of aromatic amines is 1. The monoisotopic (exact) mass is 566 g/mol. The second-order valence-electron chi connectivity index (χ2n) is 9.54. The molecule has 0 spiro atoms. The Kier molecular flexibility index (Phi) is 10.8. The van der Waals surface area contributed by atoms with Crippen molar-refractivity contribution in [3.63, 3.8) is 0 Å². The fraction of sp³-hybridized carbons (Fsp3) is 0.407. The van der Waals surface area contributed by atoms with Gasteiger partial charge < -0.3 is 30.1 Å². The van der Waals surface area contributed by atoms with Gasteiger partial charge in [-0.25, -0.2) is 9.97 Å². The van der Waals surface area contributed by atoms with Crippen LogP contribution in [-0.4, -0.2) is 66.0 Å². The number of Topliss-reactive ketones (excluding diaryl/α,β-unsaturated/α-hetero) is 2. The van der Waals surface area contributed by atoms with E-state index in [4.69, 9.17) is 0 Å². The van der Waals surface area contributed by atoms with E-state index in [1.807, 2.05) is 13.8 Å². The van der Waals surface area contributed by atoms with Crippen molar-refractivity contribution in [2.24, 2.45) is 13.0 Å². The molecule has 3 rings (SSSR count). The van der Waals surface area contributed by atoms with Gasteiger partial charge in [0.1, 0.15) is 29.7 Å². The number of pyridine rings is 1. The third-order valence-corrected chi connectivity index (χ3v) is 6.55. The normalized spacial score (nSPS) is 11.6. The van der Waals surface area contributed by atoms with Gasteiger partial charge in [-0.15, -0.1) is 0 Å². The molecule has 0 aliphatic carbocycles. The minimum Gasteiger partial charge on any atom is -0.354 e. The smallest absolute Gasteiger partial charge is 0.274 e. The minimum atomic E-state index is -1.29. The van der Waals surface area contributed by atoms with E-state index in [0.29, 0.717) is 12.5 Å². The Balaban J connectivity index is 1.71. The van der Waals surface area contributed by atoms with Gasteiger partial charge in [-0.1, -0.05) is 26.7 Å². The highest BCUT2D eigenvalue weighted by Gasteiger charge is 2.26. The van der Waals surface area contributed by atoms with Gasteiger partial charge >= 0.3 is 0 Å². The Hall–Kier alpha value is -4.88. The number of anilines is 1. The van der Waals surface area contributed by atoms with Crippen LogP contribution in [0, 0.1) is 5.92 Å². The zero-order chi connectivity index (χ0) is 29.9. The highest BCUT2D eigenvalue weighted by molar-refractivity contribution is 6.43. The lowest BCUT2D eigenvalue weighted by Crippen LogP contribution is -2.45. The quantitative estimate of drug-likeness (QED) is 0.154. The predicted molar refractivity (Wildman–Crippen MR) is 148 cm³/mol. The van der Waals surface area contributed by atoms with Crippen LogP contribution in [0.3, 0.4) is 0 Å². The first-order valence-corrected chi connectivity index (χ1v) is 13.2. The number of H-pyrrole nitrogens is 1. The second-order valence-corrected chi connectivity index (χ2v) is 9.54. The molecular weight excluding hydrogens is 532 g/mol. The summed E-state index contributed by atoms with van der Waals surface area (Å²) in [5, 5.41) is 7.79. The highest BCUT2D eigenvalue weighted by atomic mass is 16.2. The standard InChI is InChI=1S/C27H34N8O6/c1-4-17(5-2)11-29-23(37)14-35-10-6-7-19(27(35)41)33-25(39)18(32-26(40)20-12-28-15-30-20)8-9-22(36)24(38)21-13-34(3)16-31-21/h6-7,10,12-13,15-18H,4-5,8-9,11,14H2,1-3H3,(H,28,30)(H,29,37)(H,32,40)(H,33,39)/t18-/m0/s1. The van der Waals surface area contributed by atoms with Crippen molar-refractivity contribution < 1.29 is 24.0 Å². The van der Waals surface area contributed by atoms with Crippen molar-refractivity contribution in [3.8, 4) is 0 Å². The van der Waals surface area contributed by atoms with Crippen molar-refractivity contribution in [3.05, 3.63) is 65.1 Å². The van der Waals surface area contributed by atoms with Crippen LogP contribution >= 0.6 is 0 Å². The summed E-state index contributed by atoms with van der Waals surface area (Å²) < 4.78 is 2.68. The number of amides is 3.